The fraction of sp³-hybridized carbons (Fsp3) is 0.500. The molecule has 3 saturated heterocycles. The summed E-state index contributed by atoms with van der Waals surface area (Å²) in [5.41, 5.74) is 0.271. The predicted molar refractivity (Wildman–Crippen MR) is 89.9 cm³/mol. The minimum atomic E-state index is -1.15. The van der Waals surface area contributed by atoms with Crippen LogP contribution in [0.2, 0.25) is 0 Å². The van der Waals surface area contributed by atoms with Gasteiger partial charge in [-0.2, -0.15) is 0 Å². The molecular weight excluding hydrogens is 358 g/mol. The summed E-state index contributed by atoms with van der Waals surface area (Å²) in [6.45, 7) is 1.47. The Hall–Kier alpha value is -2.55. The molecule has 2 N–H and O–H groups in total. The molecule has 27 heavy (non-hydrogen) atoms. The molecule has 4 heterocycles. The van der Waals surface area contributed by atoms with E-state index in [-0.39, 0.29) is 42.7 Å². The number of carbonyl (C=O) groups is 3. The summed E-state index contributed by atoms with van der Waals surface area (Å²) in [6.07, 6.45) is 1.23. The van der Waals surface area contributed by atoms with E-state index in [0.29, 0.717) is 5.56 Å². The van der Waals surface area contributed by atoms with Crippen molar-refractivity contribution in [1.29, 1.82) is 0 Å². The van der Waals surface area contributed by atoms with E-state index < -0.39 is 35.4 Å². The van der Waals surface area contributed by atoms with Crippen LogP contribution < -0.4 is 15.5 Å². The number of benzene rings is 1. The van der Waals surface area contributed by atoms with E-state index >= 15 is 0 Å². The Morgan fingerprint density at radius 3 is 2.48 bits per heavy atom. The topological polar surface area (TPSA) is 81.8 Å². The van der Waals surface area contributed by atoms with Crippen LogP contribution in [0.4, 0.5) is 14.5 Å². The molecule has 4 aliphatic heterocycles. The SMILES string of the molecule is O=C1CCC(N2Cc3cc(N4C5CNCC4C5)c(F)c(F)c3C2=O)C(=O)N1. The lowest BCUT2D eigenvalue weighted by Gasteiger charge is -2.54. The summed E-state index contributed by atoms with van der Waals surface area (Å²) in [7, 11) is 0. The number of nitrogens with zero attached hydrogens (tertiary/aromatic N) is 2. The van der Waals surface area contributed by atoms with Crippen molar-refractivity contribution in [1.82, 2.24) is 15.5 Å². The van der Waals surface area contributed by atoms with Gasteiger partial charge in [0.05, 0.1) is 11.3 Å². The zero-order valence-electron chi connectivity index (χ0n) is 14.4. The van der Waals surface area contributed by atoms with Crippen molar-refractivity contribution in [3.8, 4) is 0 Å². The summed E-state index contributed by atoms with van der Waals surface area (Å²) in [5.74, 6) is -3.83. The number of hydrogen-bond donors (Lipinski definition) is 2. The van der Waals surface area contributed by atoms with Gasteiger partial charge in [0.25, 0.3) is 5.91 Å². The van der Waals surface area contributed by atoms with Crippen LogP contribution in [0.25, 0.3) is 0 Å². The molecule has 9 heteroatoms. The number of imide groups is 1. The number of nitrogens with one attached hydrogen (secondary N) is 2. The van der Waals surface area contributed by atoms with Gasteiger partial charge in [-0.1, -0.05) is 0 Å². The van der Waals surface area contributed by atoms with Crippen LogP contribution in [0, 0.1) is 11.6 Å². The normalized spacial score (nSPS) is 29.6. The highest BCUT2D eigenvalue weighted by Gasteiger charge is 2.46. The fourth-order valence-corrected chi connectivity index (χ4v) is 4.71. The maximum atomic E-state index is 14.8. The number of anilines is 1. The third kappa shape index (κ3) is 2.30. The predicted octanol–water partition coefficient (Wildman–Crippen LogP) is 0.276. The van der Waals surface area contributed by atoms with E-state index in [0.717, 1.165) is 19.5 Å². The molecule has 0 radical (unpaired) electrons. The van der Waals surface area contributed by atoms with Gasteiger partial charge in [0.2, 0.25) is 11.8 Å². The van der Waals surface area contributed by atoms with Gasteiger partial charge in [-0.25, -0.2) is 8.78 Å². The first-order chi connectivity index (χ1) is 13.0. The minimum Gasteiger partial charge on any atom is -0.360 e. The zero-order valence-corrected chi connectivity index (χ0v) is 14.4. The van der Waals surface area contributed by atoms with E-state index in [1.807, 2.05) is 4.90 Å². The van der Waals surface area contributed by atoms with Crippen molar-refractivity contribution >= 4 is 23.4 Å². The fourth-order valence-electron chi connectivity index (χ4n) is 4.71. The van der Waals surface area contributed by atoms with E-state index in [1.54, 1.807) is 6.07 Å². The van der Waals surface area contributed by atoms with Crippen molar-refractivity contribution in [3.05, 3.63) is 28.8 Å². The summed E-state index contributed by atoms with van der Waals surface area (Å²) >= 11 is 0. The van der Waals surface area contributed by atoms with Gasteiger partial charge in [-0.3, -0.25) is 19.7 Å². The molecule has 0 spiro atoms. The lowest BCUT2D eigenvalue weighted by Crippen LogP contribution is -2.68. The van der Waals surface area contributed by atoms with Crippen LogP contribution >= 0.6 is 0 Å². The molecule has 5 rings (SSSR count). The molecule has 142 valence electrons. The molecule has 0 saturated carbocycles. The van der Waals surface area contributed by atoms with Crippen LogP contribution in [-0.2, 0) is 16.1 Å². The summed E-state index contributed by atoms with van der Waals surface area (Å²) < 4.78 is 29.6. The maximum Gasteiger partial charge on any atom is 0.258 e. The number of piperazine rings is 1. The average Bonchev–Trinajstić information content (AvgIpc) is 2.96. The van der Waals surface area contributed by atoms with E-state index in [4.69, 9.17) is 0 Å². The second-order valence-corrected chi connectivity index (χ2v) is 7.57. The lowest BCUT2D eigenvalue weighted by molar-refractivity contribution is -0.136. The highest BCUT2D eigenvalue weighted by molar-refractivity contribution is 6.05. The number of carbonyl (C=O) groups excluding carboxylic acids is 3. The van der Waals surface area contributed by atoms with Crippen LogP contribution in [0.5, 0.6) is 0 Å². The molecule has 0 aromatic heterocycles. The molecular formula is C18H18F2N4O3. The Morgan fingerprint density at radius 1 is 1.07 bits per heavy atom. The molecule has 2 bridgehead atoms. The van der Waals surface area contributed by atoms with E-state index in [1.165, 1.54) is 4.90 Å². The van der Waals surface area contributed by atoms with E-state index in [9.17, 15) is 23.2 Å². The molecule has 3 atom stereocenters. The Kier molecular flexibility index (Phi) is 3.52. The largest absolute Gasteiger partial charge is 0.360 e. The quantitative estimate of drug-likeness (QED) is 0.725. The maximum absolute atomic E-state index is 14.8. The van der Waals surface area contributed by atoms with Crippen molar-refractivity contribution < 1.29 is 23.2 Å². The molecule has 3 fully saturated rings. The first kappa shape index (κ1) is 16.6. The molecule has 7 nitrogen and oxygen atoms in total. The van der Waals surface area contributed by atoms with Crippen molar-refractivity contribution in [2.45, 2.75) is 43.9 Å². The van der Waals surface area contributed by atoms with Crippen LogP contribution in [0.15, 0.2) is 6.07 Å². The molecule has 1 aromatic rings. The molecule has 3 amide bonds. The lowest BCUT2D eigenvalue weighted by atomic mass is 9.87. The smallest absolute Gasteiger partial charge is 0.258 e. The van der Waals surface area contributed by atoms with Gasteiger partial charge < -0.3 is 15.1 Å². The van der Waals surface area contributed by atoms with Crippen molar-refractivity contribution in [2.75, 3.05) is 18.0 Å². The zero-order chi connectivity index (χ0) is 18.9. The van der Waals surface area contributed by atoms with Crippen molar-refractivity contribution in [3.63, 3.8) is 0 Å². The third-order valence-corrected chi connectivity index (χ3v) is 6.04. The Bertz CT molecular complexity index is 876. The highest BCUT2D eigenvalue weighted by Crippen LogP contribution is 2.40. The Labute approximate surface area is 153 Å². The van der Waals surface area contributed by atoms with Gasteiger partial charge in [0.1, 0.15) is 6.04 Å². The summed E-state index contributed by atoms with van der Waals surface area (Å²) in [4.78, 5) is 39.2. The number of hydrogen-bond acceptors (Lipinski definition) is 5. The first-order valence-electron chi connectivity index (χ1n) is 9.10. The summed E-state index contributed by atoms with van der Waals surface area (Å²) in [5, 5.41) is 5.44. The van der Waals surface area contributed by atoms with Crippen molar-refractivity contribution in [2.24, 2.45) is 0 Å². The summed E-state index contributed by atoms with van der Waals surface area (Å²) in [6, 6.07) is 0.946. The first-order valence-corrected chi connectivity index (χ1v) is 9.10. The number of rotatable bonds is 2. The number of amides is 3. The van der Waals surface area contributed by atoms with E-state index in [2.05, 4.69) is 10.6 Å². The number of piperidine rings is 2. The van der Waals surface area contributed by atoms with Crippen LogP contribution in [0.1, 0.15) is 35.2 Å². The van der Waals surface area contributed by atoms with Gasteiger partial charge in [0, 0.05) is 38.1 Å². The van der Waals surface area contributed by atoms with Gasteiger partial charge in [-0.05, 0) is 24.5 Å². The second-order valence-electron chi connectivity index (χ2n) is 7.57. The molecule has 4 aliphatic rings. The molecule has 0 aliphatic carbocycles. The number of fused-ring (bicyclic) bond motifs is 3. The molecule has 3 unspecified atom stereocenters. The Morgan fingerprint density at radius 2 is 1.81 bits per heavy atom. The van der Waals surface area contributed by atoms with Crippen LogP contribution in [0.3, 0.4) is 0 Å². The van der Waals surface area contributed by atoms with Gasteiger partial charge in [-0.15, -0.1) is 0 Å². The standard InChI is InChI=1S/C18H18F2N4O3/c19-15-12(24-9-4-10(24)6-21-5-9)3-8-7-23(18(27)14(8)16(15)20)11-1-2-13(25)22-17(11)26/h3,9-11,21H,1-2,4-7H2,(H,22,25,26). The minimum absolute atomic E-state index is 0.0338. The highest BCUT2D eigenvalue weighted by atomic mass is 19.2. The average molecular weight is 376 g/mol. The van der Waals surface area contributed by atoms with Gasteiger partial charge >= 0.3 is 0 Å². The second kappa shape index (κ2) is 5.72. The van der Waals surface area contributed by atoms with Gasteiger partial charge in [0.15, 0.2) is 11.6 Å². The third-order valence-electron chi connectivity index (χ3n) is 6.04. The Balaban J connectivity index is 1.49. The monoisotopic (exact) mass is 376 g/mol. The van der Waals surface area contributed by atoms with Crippen LogP contribution in [-0.4, -0.2) is 53.8 Å². The number of halogens is 2. The molecule has 1 aromatic carbocycles.